The van der Waals surface area contributed by atoms with Crippen molar-refractivity contribution in [1.82, 2.24) is 14.9 Å². The lowest BCUT2D eigenvalue weighted by Gasteiger charge is -2.24. The molecule has 2 unspecified atom stereocenters. The summed E-state index contributed by atoms with van der Waals surface area (Å²) >= 11 is 5.91. The van der Waals surface area contributed by atoms with Crippen molar-refractivity contribution in [2.45, 2.75) is 12.2 Å². The van der Waals surface area contributed by atoms with E-state index < -0.39 is 17.6 Å². The zero-order valence-corrected chi connectivity index (χ0v) is 22.4. The number of amides is 1. The van der Waals surface area contributed by atoms with Crippen LogP contribution in [0.3, 0.4) is 0 Å². The smallest absolute Gasteiger partial charge is 0.284 e. The lowest BCUT2D eigenvalue weighted by molar-refractivity contribution is -0.116. The summed E-state index contributed by atoms with van der Waals surface area (Å²) in [5.74, 6) is -1.79. The van der Waals surface area contributed by atoms with Gasteiger partial charge in [0.05, 0.1) is 48.3 Å². The van der Waals surface area contributed by atoms with Crippen LogP contribution in [0.4, 0.5) is 26.0 Å². The van der Waals surface area contributed by atoms with E-state index in [1.54, 1.807) is 12.1 Å². The Bertz CT molecular complexity index is 1400. The maximum Gasteiger partial charge on any atom is 0.284 e. The number of nitrogens with zero attached hydrogens (tertiary/aromatic N) is 3. The monoisotopic (exact) mass is 575 g/mol. The van der Waals surface area contributed by atoms with Crippen LogP contribution in [0.2, 0.25) is 5.02 Å². The Balaban J connectivity index is 1.36. The number of nitrogens with one attached hydrogen (secondary N) is 2. The molecule has 2 fully saturated rings. The second kappa shape index (κ2) is 12.8. The molecule has 10 nitrogen and oxygen atoms in total. The molecular weight excluding hydrogens is 548 g/mol. The zero-order valence-electron chi connectivity index (χ0n) is 21.7. The maximum absolute atomic E-state index is 14.9. The van der Waals surface area contributed by atoms with Gasteiger partial charge in [0, 0.05) is 43.9 Å². The molecule has 13 heteroatoms. The quantitative estimate of drug-likeness (QED) is 0.273. The van der Waals surface area contributed by atoms with Crippen molar-refractivity contribution in [3.8, 4) is 5.75 Å². The predicted octanol–water partition coefficient (Wildman–Crippen LogP) is 4.08. The van der Waals surface area contributed by atoms with E-state index in [0.29, 0.717) is 55.3 Å². The molecule has 0 spiro atoms. The highest BCUT2D eigenvalue weighted by atomic mass is 35.5. The molecule has 0 radical (unpaired) electrons. The van der Waals surface area contributed by atoms with Crippen LogP contribution in [0.1, 0.15) is 0 Å². The zero-order chi connectivity index (χ0) is 28.1. The molecule has 2 aliphatic rings. The van der Waals surface area contributed by atoms with E-state index in [1.165, 1.54) is 37.7 Å². The molecule has 1 aromatic heterocycles. The molecule has 2 saturated heterocycles. The fourth-order valence-corrected chi connectivity index (χ4v) is 4.70. The molecule has 3 aromatic rings. The van der Waals surface area contributed by atoms with E-state index in [4.69, 9.17) is 30.5 Å². The van der Waals surface area contributed by atoms with Crippen LogP contribution in [0.15, 0.2) is 48.6 Å². The summed E-state index contributed by atoms with van der Waals surface area (Å²) in [6.45, 7) is 3.02. The molecule has 2 aliphatic heterocycles. The molecule has 2 atom stereocenters. The minimum Gasteiger partial charge on any atom is -0.489 e. The topological polar surface area (TPSA) is 107 Å². The number of hydrogen-bond acceptors (Lipinski definition) is 9. The number of ether oxygens (including phenoxy) is 4. The molecular formula is C27H28ClF2N5O5. The number of aromatic nitrogens is 2. The normalized spacial score (nSPS) is 19.4. The second-order valence-electron chi connectivity index (χ2n) is 9.23. The third kappa shape index (κ3) is 6.65. The third-order valence-electron chi connectivity index (χ3n) is 6.50. The van der Waals surface area contributed by atoms with Crippen molar-refractivity contribution in [1.29, 1.82) is 0 Å². The van der Waals surface area contributed by atoms with Crippen LogP contribution in [-0.4, -0.2) is 86.2 Å². The SMILES string of the molecule is COCCOc1cc2ncnc(Nc3ccc(F)c(Cl)c3)c2cc1NC(=O)/C(F)=C/CN1CC2OCCOC2C1. The summed E-state index contributed by atoms with van der Waals surface area (Å²) in [4.78, 5) is 23.4. The van der Waals surface area contributed by atoms with Crippen molar-refractivity contribution in [2.24, 2.45) is 0 Å². The van der Waals surface area contributed by atoms with Crippen LogP contribution < -0.4 is 15.4 Å². The number of carbonyl (C=O) groups is 1. The Labute approximate surface area is 234 Å². The van der Waals surface area contributed by atoms with Crippen molar-refractivity contribution >= 4 is 45.6 Å². The number of methoxy groups -OCH3 is 1. The summed E-state index contributed by atoms with van der Waals surface area (Å²) in [5.41, 5.74) is 1.19. The number of carbonyl (C=O) groups excluding carboxylic acids is 1. The Morgan fingerprint density at radius 2 is 1.95 bits per heavy atom. The Kier molecular flexibility index (Phi) is 9.02. The molecule has 40 heavy (non-hydrogen) atoms. The highest BCUT2D eigenvalue weighted by Crippen LogP contribution is 2.34. The standard InChI is InChI=1S/C27H28ClF2N5O5/c1-37-6-7-38-23-12-21-17(26(32-15-31-21)33-16-2-3-19(29)18(28)10-16)11-22(23)34-27(36)20(30)4-5-35-13-24-25(14-35)40-9-8-39-24/h2-4,10-12,15,24-25H,5-9,13-14H2,1H3,(H,34,36)(H,31,32,33)/b20-4-. The van der Waals surface area contributed by atoms with Gasteiger partial charge in [0.1, 0.15) is 30.3 Å². The maximum atomic E-state index is 14.9. The van der Waals surface area contributed by atoms with Crippen molar-refractivity contribution in [3.05, 3.63) is 59.4 Å². The fourth-order valence-electron chi connectivity index (χ4n) is 4.52. The number of halogens is 3. The highest BCUT2D eigenvalue weighted by molar-refractivity contribution is 6.31. The lowest BCUT2D eigenvalue weighted by Crippen LogP contribution is -2.36. The summed E-state index contributed by atoms with van der Waals surface area (Å²) in [7, 11) is 1.53. The van der Waals surface area contributed by atoms with Crippen molar-refractivity contribution in [2.75, 3.05) is 63.8 Å². The van der Waals surface area contributed by atoms with Gasteiger partial charge in [0.15, 0.2) is 5.83 Å². The Hall–Kier alpha value is -3.42. The highest BCUT2D eigenvalue weighted by Gasteiger charge is 2.36. The van der Waals surface area contributed by atoms with Crippen LogP contribution in [0.25, 0.3) is 10.9 Å². The largest absolute Gasteiger partial charge is 0.489 e. The van der Waals surface area contributed by atoms with Crippen LogP contribution in [0, 0.1) is 5.82 Å². The predicted molar refractivity (Wildman–Crippen MR) is 145 cm³/mol. The van der Waals surface area contributed by atoms with Gasteiger partial charge >= 0.3 is 0 Å². The number of rotatable bonds is 10. The van der Waals surface area contributed by atoms with Crippen molar-refractivity contribution in [3.63, 3.8) is 0 Å². The summed E-state index contributed by atoms with van der Waals surface area (Å²) in [5, 5.41) is 6.11. The van der Waals surface area contributed by atoms with Gasteiger partial charge in [-0.1, -0.05) is 11.6 Å². The number of hydrogen-bond donors (Lipinski definition) is 2. The average Bonchev–Trinajstić information content (AvgIpc) is 3.37. The number of anilines is 3. The lowest BCUT2D eigenvalue weighted by atomic mass is 10.1. The molecule has 2 N–H and O–H groups in total. The molecule has 2 aromatic carbocycles. The summed E-state index contributed by atoms with van der Waals surface area (Å²) in [6.07, 6.45) is 2.49. The molecule has 0 bridgehead atoms. The van der Waals surface area contributed by atoms with Gasteiger partial charge in [0.2, 0.25) is 0 Å². The first kappa shape index (κ1) is 28.1. The van der Waals surface area contributed by atoms with Crippen LogP contribution in [0.5, 0.6) is 5.75 Å². The van der Waals surface area contributed by atoms with Gasteiger partial charge in [-0.2, -0.15) is 0 Å². The first-order valence-corrected chi connectivity index (χ1v) is 13.0. The Morgan fingerprint density at radius 3 is 2.67 bits per heavy atom. The number of likely N-dealkylation sites (tertiary alicyclic amines) is 1. The molecule has 0 aliphatic carbocycles. The van der Waals surface area contributed by atoms with E-state index in [0.717, 1.165) is 0 Å². The summed E-state index contributed by atoms with van der Waals surface area (Å²) < 4.78 is 50.8. The molecule has 1 amide bonds. The van der Waals surface area contributed by atoms with E-state index in [1.807, 2.05) is 4.90 Å². The average molecular weight is 576 g/mol. The summed E-state index contributed by atoms with van der Waals surface area (Å²) in [6, 6.07) is 7.35. The minimum absolute atomic E-state index is 0.0422. The first-order valence-electron chi connectivity index (χ1n) is 12.7. The molecule has 5 rings (SSSR count). The Morgan fingerprint density at radius 1 is 1.18 bits per heavy atom. The van der Waals surface area contributed by atoms with Gasteiger partial charge in [-0.05, 0) is 30.3 Å². The van der Waals surface area contributed by atoms with Crippen LogP contribution >= 0.6 is 11.6 Å². The van der Waals surface area contributed by atoms with E-state index in [9.17, 15) is 13.6 Å². The fraction of sp³-hybridized carbons (Fsp3) is 0.370. The second-order valence-corrected chi connectivity index (χ2v) is 9.63. The van der Waals surface area contributed by atoms with E-state index in [-0.39, 0.29) is 41.8 Å². The number of fused-ring (bicyclic) bond motifs is 2. The van der Waals surface area contributed by atoms with E-state index >= 15 is 0 Å². The number of benzene rings is 2. The van der Waals surface area contributed by atoms with Gasteiger partial charge in [-0.3, -0.25) is 9.69 Å². The van der Waals surface area contributed by atoms with E-state index in [2.05, 4.69) is 20.6 Å². The van der Waals surface area contributed by atoms with Gasteiger partial charge in [-0.15, -0.1) is 0 Å². The third-order valence-corrected chi connectivity index (χ3v) is 6.79. The van der Waals surface area contributed by atoms with Crippen LogP contribution in [-0.2, 0) is 19.0 Å². The van der Waals surface area contributed by atoms with Gasteiger partial charge in [-0.25, -0.2) is 18.7 Å². The first-order chi connectivity index (χ1) is 19.4. The molecule has 0 saturated carbocycles. The molecule has 3 heterocycles. The molecule has 212 valence electrons. The van der Waals surface area contributed by atoms with Crippen molar-refractivity contribution < 1.29 is 32.5 Å². The minimum atomic E-state index is -0.941. The van der Waals surface area contributed by atoms with Gasteiger partial charge in [0.25, 0.3) is 5.91 Å². The van der Waals surface area contributed by atoms with Gasteiger partial charge < -0.3 is 29.6 Å².